The summed E-state index contributed by atoms with van der Waals surface area (Å²) in [6.45, 7) is 6.83. The predicted octanol–water partition coefficient (Wildman–Crippen LogP) is 2.37. The van der Waals surface area contributed by atoms with E-state index in [2.05, 4.69) is 0 Å². The van der Waals surface area contributed by atoms with Crippen molar-refractivity contribution in [1.82, 2.24) is 0 Å². The van der Waals surface area contributed by atoms with Crippen LogP contribution in [0.15, 0.2) is 23.2 Å². The standard InChI is InChI=1S/C15H22O5/c1-7-9(2)14(17)20-15(4)12(19-6)8-11(18-5)10(3)13(15)16/h8-9H,7H2,1-6H3/t9-,15-/m1/s1. The summed E-state index contributed by atoms with van der Waals surface area (Å²) in [5.74, 6) is -0.332. The Kier molecular flexibility index (Phi) is 4.98. The van der Waals surface area contributed by atoms with Crippen LogP contribution in [0.4, 0.5) is 0 Å². The largest absolute Gasteiger partial charge is 0.496 e. The van der Waals surface area contributed by atoms with E-state index in [0.29, 0.717) is 17.8 Å². The molecule has 20 heavy (non-hydrogen) atoms. The van der Waals surface area contributed by atoms with E-state index in [1.165, 1.54) is 14.2 Å². The molecule has 0 heterocycles. The number of allylic oxidation sites excluding steroid dienone is 1. The first-order valence-electron chi connectivity index (χ1n) is 6.60. The Balaban J connectivity index is 3.16. The smallest absolute Gasteiger partial charge is 0.310 e. The van der Waals surface area contributed by atoms with Gasteiger partial charge in [0.05, 0.1) is 20.1 Å². The number of ketones is 1. The monoisotopic (exact) mass is 282 g/mol. The van der Waals surface area contributed by atoms with Crippen LogP contribution < -0.4 is 0 Å². The fourth-order valence-corrected chi connectivity index (χ4v) is 1.98. The molecule has 0 spiro atoms. The topological polar surface area (TPSA) is 61.8 Å². The molecule has 112 valence electrons. The van der Waals surface area contributed by atoms with Crippen molar-refractivity contribution < 1.29 is 23.8 Å². The number of carbonyl (C=O) groups is 2. The van der Waals surface area contributed by atoms with Crippen molar-refractivity contribution in [3.63, 3.8) is 0 Å². The maximum absolute atomic E-state index is 12.5. The van der Waals surface area contributed by atoms with Gasteiger partial charge in [-0.05, 0) is 20.3 Å². The summed E-state index contributed by atoms with van der Waals surface area (Å²) >= 11 is 0. The molecule has 0 aromatic heterocycles. The fraction of sp³-hybridized carbons (Fsp3) is 0.600. The van der Waals surface area contributed by atoms with Crippen LogP contribution in [-0.4, -0.2) is 31.6 Å². The number of hydrogen-bond donors (Lipinski definition) is 0. The van der Waals surface area contributed by atoms with Gasteiger partial charge in [0.25, 0.3) is 0 Å². The molecule has 0 aliphatic heterocycles. The van der Waals surface area contributed by atoms with Gasteiger partial charge in [-0.1, -0.05) is 13.8 Å². The van der Waals surface area contributed by atoms with Crippen molar-refractivity contribution in [2.75, 3.05) is 14.2 Å². The first-order chi connectivity index (χ1) is 9.31. The lowest BCUT2D eigenvalue weighted by molar-refractivity contribution is -0.167. The zero-order valence-corrected chi connectivity index (χ0v) is 12.9. The Morgan fingerprint density at radius 1 is 1.35 bits per heavy atom. The molecule has 0 radical (unpaired) electrons. The molecule has 5 nitrogen and oxygen atoms in total. The Labute approximate surface area is 119 Å². The van der Waals surface area contributed by atoms with Gasteiger partial charge in [0.2, 0.25) is 11.4 Å². The lowest BCUT2D eigenvalue weighted by atomic mass is 9.87. The summed E-state index contributed by atoms with van der Waals surface area (Å²) in [4.78, 5) is 24.5. The molecule has 0 fully saturated rings. The first-order valence-corrected chi connectivity index (χ1v) is 6.60. The average Bonchev–Trinajstić information content (AvgIpc) is 2.44. The summed E-state index contributed by atoms with van der Waals surface area (Å²) in [7, 11) is 2.91. The number of carbonyl (C=O) groups excluding carboxylic acids is 2. The first kappa shape index (κ1) is 16.3. The molecule has 0 amide bonds. The van der Waals surface area contributed by atoms with Crippen molar-refractivity contribution in [1.29, 1.82) is 0 Å². The maximum Gasteiger partial charge on any atom is 0.310 e. The molecule has 5 heteroatoms. The van der Waals surface area contributed by atoms with Gasteiger partial charge in [0.1, 0.15) is 5.76 Å². The predicted molar refractivity (Wildman–Crippen MR) is 73.8 cm³/mol. The van der Waals surface area contributed by atoms with Crippen LogP contribution in [0.5, 0.6) is 0 Å². The Bertz CT molecular complexity index is 475. The molecule has 1 rings (SSSR count). The minimum atomic E-state index is -1.43. The van der Waals surface area contributed by atoms with E-state index in [4.69, 9.17) is 14.2 Å². The van der Waals surface area contributed by atoms with Crippen molar-refractivity contribution >= 4 is 11.8 Å². The van der Waals surface area contributed by atoms with Crippen LogP contribution in [0.3, 0.4) is 0 Å². The number of Topliss-reactive ketones (excluding diaryl/α,β-unsaturated/α-hetero) is 1. The van der Waals surface area contributed by atoms with Crippen LogP contribution in [0.1, 0.15) is 34.1 Å². The van der Waals surface area contributed by atoms with E-state index < -0.39 is 11.6 Å². The normalized spacial score (nSPS) is 24.1. The van der Waals surface area contributed by atoms with E-state index in [1.54, 1.807) is 26.8 Å². The molecular formula is C15H22O5. The molecule has 0 bridgehead atoms. The summed E-state index contributed by atoms with van der Waals surface area (Å²) < 4.78 is 15.8. The Hall–Kier alpha value is -1.78. The zero-order chi connectivity index (χ0) is 15.5. The summed E-state index contributed by atoms with van der Waals surface area (Å²) in [5, 5.41) is 0. The molecule has 0 unspecified atom stereocenters. The molecule has 0 N–H and O–H groups in total. The second kappa shape index (κ2) is 6.11. The zero-order valence-electron chi connectivity index (χ0n) is 12.9. The highest BCUT2D eigenvalue weighted by atomic mass is 16.6. The Morgan fingerprint density at radius 3 is 2.40 bits per heavy atom. The van der Waals surface area contributed by atoms with Crippen molar-refractivity contribution in [2.24, 2.45) is 5.92 Å². The van der Waals surface area contributed by atoms with Crippen LogP contribution in [0.2, 0.25) is 0 Å². The van der Waals surface area contributed by atoms with Gasteiger partial charge >= 0.3 is 5.97 Å². The van der Waals surface area contributed by atoms with E-state index in [-0.39, 0.29) is 17.5 Å². The molecule has 1 aliphatic rings. The lowest BCUT2D eigenvalue weighted by Gasteiger charge is -2.33. The Morgan fingerprint density at radius 2 is 1.95 bits per heavy atom. The summed E-state index contributed by atoms with van der Waals surface area (Å²) in [5.41, 5.74) is -1.02. The number of ether oxygens (including phenoxy) is 3. The van der Waals surface area contributed by atoms with Crippen LogP contribution in [0, 0.1) is 5.92 Å². The van der Waals surface area contributed by atoms with Gasteiger partial charge < -0.3 is 14.2 Å². The third-order valence-electron chi connectivity index (χ3n) is 3.64. The van der Waals surface area contributed by atoms with Crippen LogP contribution >= 0.6 is 0 Å². The van der Waals surface area contributed by atoms with E-state index in [1.807, 2.05) is 6.92 Å². The SMILES string of the molecule is CC[C@@H](C)C(=O)O[C@@]1(C)C(=O)C(C)=C(OC)C=C1OC. The van der Waals surface area contributed by atoms with Crippen LogP contribution in [-0.2, 0) is 23.8 Å². The molecule has 0 saturated carbocycles. The number of esters is 1. The van der Waals surface area contributed by atoms with Crippen molar-refractivity contribution in [2.45, 2.75) is 39.7 Å². The van der Waals surface area contributed by atoms with Gasteiger partial charge in [-0.15, -0.1) is 0 Å². The highest BCUT2D eigenvalue weighted by Crippen LogP contribution is 2.34. The quantitative estimate of drug-likeness (QED) is 0.724. The van der Waals surface area contributed by atoms with E-state index in [9.17, 15) is 9.59 Å². The molecule has 0 aromatic carbocycles. The van der Waals surface area contributed by atoms with Gasteiger partial charge in [0.15, 0.2) is 5.76 Å². The third kappa shape index (κ3) is 2.71. The third-order valence-corrected chi connectivity index (χ3v) is 3.64. The molecule has 0 saturated heterocycles. The van der Waals surface area contributed by atoms with Crippen molar-refractivity contribution in [3.05, 3.63) is 23.2 Å². The van der Waals surface area contributed by atoms with Gasteiger partial charge in [0, 0.05) is 11.6 Å². The van der Waals surface area contributed by atoms with Gasteiger partial charge in [-0.2, -0.15) is 0 Å². The second-order valence-corrected chi connectivity index (χ2v) is 5.00. The highest BCUT2D eigenvalue weighted by molar-refractivity contribution is 6.06. The van der Waals surface area contributed by atoms with E-state index in [0.717, 1.165) is 0 Å². The fourth-order valence-electron chi connectivity index (χ4n) is 1.98. The molecular weight excluding hydrogens is 260 g/mol. The number of methoxy groups -OCH3 is 2. The average molecular weight is 282 g/mol. The summed E-state index contributed by atoms with van der Waals surface area (Å²) in [6.07, 6.45) is 2.23. The highest BCUT2D eigenvalue weighted by Gasteiger charge is 2.47. The number of rotatable bonds is 5. The number of hydrogen-bond acceptors (Lipinski definition) is 5. The molecule has 1 aliphatic carbocycles. The van der Waals surface area contributed by atoms with E-state index >= 15 is 0 Å². The minimum absolute atomic E-state index is 0.265. The second-order valence-electron chi connectivity index (χ2n) is 5.00. The maximum atomic E-state index is 12.5. The minimum Gasteiger partial charge on any atom is -0.496 e. The molecule has 2 atom stereocenters. The lowest BCUT2D eigenvalue weighted by Crippen LogP contribution is -2.46. The van der Waals surface area contributed by atoms with Crippen LogP contribution in [0.25, 0.3) is 0 Å². The van der Waals surface area contributed by atoms with Gasteiger partial charge in [-0.3, -0.25) is 9.59 Å². The van der Waals surface area contributed by atoms with Crippen molar-refractivity contribution in [3.8, 4) is 0 Å². The molecule has 0 aromatic rings. The van der Waals surface area contributed by atoms with Gasteiger partial charge in [-0.25, -0.2) is 0 Å². The summed E-state index contributed by atoms with van der Waals surface area (Å²) in [6, 6.07) is 0.